The van der Waals surface area contributed by atoms with Crippen LogP contribution in [-0.4, -0.2) is 0 Å². The van der Waals surface area contributed by atoms with E-state index in [0.717, 1.165) is 11.2 Å². The minimum Gasteiger partial charge on any atom is -0.456 e. The molecule has 4 aromatic rings. The largest absolute Gasteiger partial charge is 0.456 e. The van der Waals surface area contributed by atoms with Gasteiger partial charge in [-0.2, -0.15) is 0 Å². The molecule has 0 spiro atoms. The molecular formula is C28H29NOS. The van der Waals surface area contributed by atoms with Gasteiger partial charge in [-0.15, -0.1) is 0 Å². The van der Waals surface area contributed by atoms with Crippen molar-refractivity contribution in [3.8, 4) is 0 Å². The molecule has 0 saturated heterocycles. The normalized spacial score (nSPS) is 17.0. The first-order valence-corrected chi connectivity index (χ1v) is 11.9. The Labute approximate surface area is 188 Å². The number of thioether (sulfide) groups is 1. The average molecular weight is 428 g/mol. The van der Waals surface area contributed by atoms with Gasteiger partial charge in [0.1, 0.15) is 16.5 Å². The molecule has 0 radical (unpaired) electrons. The summed E-state index contributed by atoms with van der Waals surface area (Å²) in [5.74, 6) is 0.501. The summed E-state index contributed by atoms with van der Waals surface area (Å²) in [6.45, 7) is 13.6. The molecule has 158 valence electrons. The van der Waals surface area contributed by atoms with Crippen molar-refractivity contribution in [2.45, 2.75) is 46.9 Å². The topological polar surface area (TPSA) is 16.4 Å². The standard InChI is InChI=1S/C28H29NOS/c1-16(2)27-20(6)29(28(31-27)26-17(3)10-9-11-18(26)4)23-15-22-21-12-7-8-13-24(21)30-25(22)14-19(23)5/h7-16,28H,1-6H3. The van der Waals surface area contributed by atoms with Crippen LogP contribution in [0.15, 0.2) is 69.6 Å². The lowest BCUT2D eigenvalue weighted by Crippen LogP contribution is -2.23. The summed E-state index contributed by atoms with van der Waals surface area (Å²) in [6.07, 6.45) is 0. The molecule has 0 amide bonds. The third kappa shape index (κ3) is 3.18. The Hall–Kier alpha value is -2.65. The molecule has 1 unspecified atom stereocenters. The molecule has 0 saturated carbocycles. The molecule has 31 heavy (non-hydrogen) atoms. The van der Waals surface area contributed by atoms with Crippen molar-refractivity contribution < 1.29 is 4.42 Å². The summed E-state index contributed by atoms with van der Waals surface area (Å²) in [5.41, 5.74) is 9.93. The molecule has 0 N–H and O–H groups in total. The van der Waals surface area contributed by atoms with Gasteiger partial charge in [-0.1, -0.05) is 62.0 Å². The molecule has 1 aromatic heterocycles. The zero-order chi connectivity index (χ0) is 21.9. The van der Waals surface area contributed by atoms with Crippen LogP contribution < -0.4 is 4.90 Å². The molecule has 3 heteroatoms. The molecule has 2 nitrogen and oxygen atoms in total. The van der Waals surface area contributed by atoms with Crippen LogP contribution in [0.5, 0.6) is 0 Å². The van der Waals surface area contributed by atoms with Crippen molar-refractivity contribution in [2.75, 3.05) is 4.90 Å². The van der Waals surface area contributed by atoms with Crippen molar-refractivity contribution in [3.63, 3.8) is 0 Å². The zero-order valence-electron chi connectivity index (χ0n) is 19.1. The zero-order valence-corrected chi connectivity index (χ0v) is 19.9. The van der Waals surface area contributed by atoms with Gasteiger partial charge < -0.3 is 9.32 Å². The van der Waals surface area contributed by atoms with Crippen molar-refractivity contribution in [3.05, 3.63) is 87.5 Å². The Bertz CT molecular complexity index is 1320. The number of hydrogen-bond donors (Lipinski definition) is 0. The maximum absolute atomic E-state index is 6.15. The number of hydrogen-bond acceptors (Lipinski definition) is 3. The summed E-state index contributed by atoms with van der Waals surface area (Å²) < 4.78 is 6.15. The van der Waals surface area contributed by atoms with E-state index in [0.29, 0.717) is 5.92 Å². The first kappa shape index (κ1) is 20.3. The van der Waals surface area contributed by atoms with Crippen LogP contribution in [0.4, 0.5) is 5.69 Å². The lowest BCUT2D eigenvalue weighted by molar-refractivity contribution is 0.668. The smallest absolute Gasteiger partial charge is 0.135 e. The van der Waals surface area contributed by atoms with Gasteiger partial charge >= 0.3 is 0 Å². The van der Waals surface area contributed by atoms with Crippen molar-refractivity contribution in [2.24, 2.45) is 5.92 Å². The number of nitrogens with zero attached hydrogens (tertiary/aromatic N) is 1. The van der Waals surface area contributed by atoms with Crippen LogP contribution in [0.2, 0.25) is 0 Å². The Morgan fingerprint density at radius 3 is 2.23 bits per heavy atom. The van der Waals surface area contributed by atoms with Crippen LogP contribution >= 0.6 is 11.8 Å². The number of aryl methyl sites for hydroxylation is 3. The summed E-state index contributed by atoms with van der Waals surface area (Å²) in [5, 5.41) is 2.61. The second-order valence-electron chi connectivity index (χ2n) is 8.98. The van der Waals surface area contributed by atoms with E-state index in [2.05, 4.69) is 95.0 Å². The van der Waals surface area contributed by atoms with Crippen LogP contribution in [-0.2, 0) is 0 Å². The highest BCUT2D eigenvalue weighted by Gasteiger charge is 2.36. The number of benzene rings is 3. The first-order valence-electron chi connectivity index (χ1n) is 11.0. The van der Waals surface area contributed by atoms with E-state index in [4.69, 9.17) is 4.42 Å². The number of rotatable bonds is 3. The number of furan rings is 1. The highest BCUT2D eigenvalue weighted by atomic mass is 32.2. The molecule has 1 aliphatic rings. The van der Waals surface area contributed by atoms with E-state index in [1.807, 2.05) is 17.8 Å². The maximum Gasteiger partial charge on any atom is 0.135 e. The van der Waals surface area contributed by atoms with Crippen LogP contribution in [0.1, 0.15) is 48.4 Å². The minimum atomic E-state index is 0.243. The average Bonchev–Trinajstić information content (AvgIpc) is 3.24. The van der Waals surface area contributed by atoms with Gasteiger partial charge in [0.05, 0.1) is 0 Å². The number of anilines is 1. The SMILES string of the molecule is CC1=C(C(C)C)SC(c2c(C)cccc2C)N1c1cc2c(cc1C)oc1ccccc12. The molecular weight excluding hydrogens is 398 g/mol. The third-order valence-corrected chi connectivity index (χ3v) is 8.15. The fourth-order valence-corrected chi connectivity index (χ4v) is 6.59. The molecule has 2 heterocycles. The highest BCUT2D eigenvalue weighted by molar-refractivity contribution is 8.03. The fraction of sp³-hybridized carbons (Fsp3) is 0.286. The Kier molecular flexibility index (Phi) is 4.90. The first-order chi connectivity index (χ1) is 14.9. The molecule has 0 fully saturated rings. The van der Waals surface area contributed by atoms with Crippen LogP contribution in [0, 0.1) is 26.7 Å². The molecule has 5 rings (SSSR count). The maximum atomic E-state index is 6.15. The van der Waals surface area contributed by atoms with Gasteiger partial charge in [0, 0.05) is 27.1 Å². The number of para-hydroxylation sites is 1. The molecule has 0 aliphatic carbocycles. The van der Waals surface area contributed by atoms with Crippen LogP contribution in [0.25, 0.3) is 21.9 Å². The Morgan fingerprint density at radius 1 is 0.806 bits per heavy atom. The van der Waals surface area contributed by atoms with Gasteiger partial charge in [-0.05, 0) is 74.1 Å². The van der Waals surface area contributed by atoms with Crippen molar-refractivity contribution in [1.82, 2.24) is 0 Å². The van der Waals surface area contributed by atoms with Crippen molar-refractivity contribution >= 4 is 39.4 Å². The Balaban J connectivity index is 1.76. The van der Waals surface area contributed by atoms with Gasteiger partial charge in [-0.3, -0.25) is 0 Å². The molecule has 1 aliphatic heterocycles. The van der Waals surface area contributed by atoms with E-state index >= 15 is 0 Å². The van der Waals surface area contributed by atoms with Crippen LogP contribution in [0.3, 0.4) is 0 Å². The van der Waals surface area contributed by atoms with E-state index in [1.165, 1.54) is 49.3 Å². The van der Waals surface area contributed by atoms with E-state index in [-0.39, 0.29) is 5.37 Å². The minimum absolute atomic E-state index is 0.243. The van der Waals surface area contributed by atoms with E-state index in [1.54, 1.807) is 0 Å². The number of fused-ring (bicyclic) bond motifs is 3. The van der Waals surface area contributed by atoms with Gasteiger partial charge in [0.15, 0.2) is 0 Å². The second-order valence-corrected chi connectivity index (χ2v) is 10.1. The van der Waals surface area contributed by atoms with Gasteiger partial charge in [-0.25, -0.2) is 0 Å². The number of allylic oxidation sites excluding steroid dienone is 2. The van der Waals surface area contributed by atoms with Gasteiger partial charge in [0.25, 0.3) is 0 Å². The monoisotopic (exact) mass is 427 g/mol. The lowest BCUT2D eigenvalue weighted by atomic mass is 10.0. The molecule has 3 aromatic carbocycles. The molecule has 1 atom stereocenters. The summed E-state index contributed by atoms with van der Waals surface area (Å²) in [6, 6.07) is 19.5. The summed E-state index contributed by atoms with van der Waals surface area (Å²) in [4.78, 5) is 4.04. The van der Waals surface area contributed by atoms with Gasteiger partial charge in [0.2, 0.25) is 0 Å². The lowest BCUT2D eigenvalue weighted by Gasteiger charge is -2.31. The quantitative estimate of drug-likeness (QED) is 0.325. The predicted molar refractivity (Wildman–Crippen MR) is 135 cm³/mol. The summed E-state index contributed by atoms with van der Waals surface area (Å²) >= 11 is 2.01. The molecule has 0 bridgehead atoms. The van der Waals surface area contributed by atoms with Crippen molar-refractivity contribution in [1.29, 1.82) is 0 Å². The van der Waals surface area contributed by atoms with E-state index < -0.39 is 0 Å². The Morgan fingerprint density at radius 2 is 1.52 bits per heavy atom. The fourth-order valence-electron chi connectivity index (χ4n) is 4.94. The summed E-state index contributed by atoms with van der Waals surface area (Å²) in [7, 11) is 0. The third-order valence-electron chi connectivity index (χ3n) is 6.46. The van der Waals surface area contributed by atoms with E-state index in [9.17, 15) is 0 Å². The highest BCUT2D eigenvalue weighted by Crippen LogP contribution is 2.54. The predicted octanol–water partition coefficient (Wildman–Crippen LogP) is 8.65. The second kappa shape index (κ2) is 7.49.